The summed E-state index contributed by atoms with van der Waals surface area (Å²) in [5, 5.41) is 18.9. The van der Waals surface area contributed by atoms with Crippen molar-refractivity contribution in [3.05, 3.63) is 23.3 Å². The number of allylic oxidation sites excluding steroid dienone is 2. The molecule has 2 aliphatic rings. The first kappa shape index (κ1) is 16.8. The topological polar surface area (TPSA) is 47.3 Å². The molecule has 5 heteroatoms. The Labute approximate surface area is 136 Å². The lowest BCUT2D eigenvalue weighted by atomic mass is 9.86. The Morgan fingerprint density at radius 1 is 1.48 bits per heavy atom. The summed E-state index contributed by atoms with van der Waals surface area (Å²) in [5.41, 5.74) is 0. The van der Waals surface area contributed by atoms with Crippen LogP contribution in [0.4, 0.5) is 0 Å². The van der Waals surface area contributed by atoms with E-state index in [1.54, 1.807) is 0 Å². The van der Waals surface area contributed by atoms with E-state index in [2.05, 4.69) is 11.0 Å². The van der Waals surface area contributed by atoms with E-state index in [0.29, 0.717) is 17.5 Å². The number of halogens is 2. The van der Waals surface area contributed by atoms with Gasteiger partial charge in [0.05, 0.1) is 6.07 Å². The normalized spacial score (nSPS) is 33.5. The molecule has 1 aliphatic carbocycles. The average molecular weight is 329 g/mol. The van der Waals surface area contributed by atoms with Crippen LogP contribution in [0.1, 0.15) is 38.5 Å². The number of nitriles is 1. The third-order valence-corrected chi connectivity index (χ3v) is 5.46. The molecule has 116 valence electrons. The van der Waals surface area contributed by atoms with Crippen LogP contribution in [0.2, 0.25) is 0 Å². The second kappa shape index (κ2) is 7.65. The minimum atomic E-state index is -0.720. The number of nitrogens with zero attached hydrogens (tertiary/aromatic N) is 2. The Kier molecular flexibility index (Phi) is 6.13. The smallest absolute Gasteiger partial charge is 0.124 e. The number of aliphatic hydroxyl groups is 1. The van der Waals surface area contributed by atoms with Gasteiger partial charge in [-0.1, -0.05) is 35.7 Å². The van der Waals surface area contributed by atoms with Gasteiger partial charge in [0.15, 0.2) is 0 Å². The van der Waals surface area contributed by atoms with Gasteiger partial charge in [0.1, 0.15) is 5.00 Å². The van der Waals surface area contributed by atoms with Crippen molar-refractivity contribution in [3.8, 4) is 6.07 Å². The van der Waals surface area contributed by atoms with Crippen LogP contribution in [0.25, 0.3) is 0 Å². The molecule has 0 amide bonds. The molecule has 3 atom stereocenters. The van der Waals surface area contributed by atoms with Crippen molar-refractivity contribution in [2.75, 3.05) is 13.2 Å². The zero-order chi connectivity index (χ0) is 15.3. The van der Waals surface area contributed by atoms with E-state index in [1.807, 2.05) is 18.2 Å². The van der Waals surface area contributed by atoms with Gasteiger partial charge in [-0.25, -0.2) is 0 Å². The Morgan fingerprint density at radius 2 is 2.29 bits per heavy atom. The van der Waals surface area contributed by atoms with Crippen molar-refractivity contribution in [1.29, 1.82) is 5.26 Å². The molecule has 0 bridgehead atoms. The molecule has 0 radical (unpaired) electrons. The van der Waals surface area contributed by atoms with Crippen molar-refractivity contribution in [2.24, 2.45) is 5.92 Å². The summed E-state index contributed by atoms with van der Waals surface area (Å²) in [7, 11) is 0. The van der Waals surface area contributed by atoms with Gasteiger partial charge < -0.3 is 5.11 Å². The minimum Gasteiger partial charge on any atom is -0.396 e. The third kappa shape index (κ3) is 3.63. The SMILES string of the molecule is N#CCC1C(Cl)=CC=CC1(Cl)N1CCCCC1CCCO. The maximum absolute atomic E-state index is 9.10. The molecule has 1 aliphatic heterocycles. The number of rotatable bonds is 5. The third-order valence-electron chi connectivity index (χ3n) is 4.47. The quantitative estimate of drug-likeness (QED) is 0.617. The molecular formula is C16H22Cl2N2O. The maximum atomic E-state index is 9.10. The van der Waals surface area contributed by atoms with Crippen LogP contribution in [-0.2, 0) is 0 Å². The zero-order valence-corrected chi connectivity index (χ0v) is 13.7. The number of aliphatic hydroxyl groups excluding tert-OH is 1. The van der Waals surface area contributed by atoms with E-state index in [4.69, 9.17) is 33.6 Å². The molecule has 0 aromatic carbocycles. The highest BCUT2D eigenvalue weighted by Crippen LogP contribution is 2.45. The predicted octanol–water partition coefficient (Wildman–Crippen LogP) is 3.77. The van der Waals surface area contributed by atoms with Gasteiger partial charge in [-0.05, 0) is 37.8 Å². The average Bonchev–Trinajstić information content (AvgIpc) is 2.49. The fourth-order valence-corrected chi connectivity index (χ4v) is 4.27. The molecule has 2 rings (SSSR count). The van der Waals surface area contributed by atoms with Crippen molar-refractivity contribution in [1.82, 2.24) is 4.90 Å². The Balaban J connectivity index is 2.24. The molecule has 1 saturated heterocycles. The van der Waals surface area contributed by atoms with Crippen LogP contribution >= 0.6 is 23.2 Å². The Bertz CT molecular complexity index is 458. The standard InChI is InChI=1S/C16H22Cl2N2O/c17-15-7-3-9-16(18,14(15)8-10-19)20-11-2-1-5-13(20)6-4-12-21/h3,7,9,13-14,21H,1-2,4-6,8,11-12H2. The van der Waals surface area contributed by atoms with Crippen LogP contribution in [0.3, 0.4) is 0 Å². The lowest BCUT2D eigenvalue weighted by Gasteiger charge is -2.49. The second-order valence-electron chi connectivity index (χ2n) is 5.76. The van der Waals surface area contributed by atoms with Crippen molar-refractivity contribution >= 4 is 23.2 Å². The van der Waals surface area contributed by atoms with Crippen molar-refractivity contribution in [2.45, 2.75) is 49.6 Å². The molecule has 1 fully saturated rings. The molecule has 21 heavy (non-hydrogen) atoms. The lowest BCUT2D eigenvalue weighted by molar-refractivity contribution is 0.0617. The van der Waals surface area contributed by atoms with Gasteiger partial charge >= 0.3 is 0 Å². The summed E-state index contributed by atoms with van der Waals surface area (Å²) < 4.78 is 0. The summed E-state index contributed by atoms with van der Waals surface area (Å²) >= 11 is 13.3. The summed E-state index contributed by atoms with van der Waals surface area (Å²) in [6.07, 6.45) is 11.1. The van der Waals surface area contributed by atoms with Crippen LogP contribution in [0, 0.1) is 17.2 Å². The Morgan fingerprint density at radius 3 is 3.00 bits per heavy atom. The van der Waals surface area contributed by atoms with Gasteiger partial charge in [0.25, 0.3) is 0 Å². The van der Waals surface area contributed by atoms with Gasteiger partial charge in [0, 0.05) is 36.6 Å². The lowest BCUT2D eigenvalue weighted by Crippen LogP contribution is -2.55. The summed E-state index contributed by atoms with van der Waals surface area (Å²) in [4.78, 5) is 1.57. The number of likely N-dealkylation sites (tertiary alicyclic amines) is 1. The van der Waals surface area contributed by atoms with Gasteiger partial charge in [-0.2, -0.15) is 5.26 Å². The molecule has 3 unspecified atom stereocenters. The Hall–Kier alpha value is -0.530. The van der Waals surface area contributed by atoms with Crippen LogP contribution in [0.15, 0.2) is 23.3 Å². The molecular weight excluding hydrogens is 307 g/mol. The molecule has 1 heterocycles. The fraction of sp³-hybridized carbons (Fsp3) is 0.688. The molecule has 0 aromatic heterocycles. The molecule has 3 nitrogen and oxygen atoms in total. The highest BCUT2D eigenvalue weighted by Gasteiger charge is 2.46. The van der Waals surface area contributed by atoms with Crippen molar-refractivity contribution in [3.63, 3.8) is 0 Å². The van der Waals surface area contributed by atoms with Crippen LogP contribution in [0.5, 0.6) is 0 Å². The first-order valence-electron chi connectivity index (χ1n) is 7.62. The summed E-state index contributed by atoms with van der Waals surface area (Å²) in [6, 6.07) is 2.55. The molecule has 0 aromatic rings. The van der Waals surface area contributed by atoms with E-state index in [9.17, 15) is 0 Å². The van der Waals surface area contributed by atoms with E-state index in [0.717, 1.165) is 32.2 Å². The molecule has 1 N–H and O–H groups in total. The van der Waals surface area contributed by atoms with Gasteiger partial charge in [0.2, 0.25) is 0 Å². The fourth-order valence-electron chi connectivity index (χ4n) is 3.41. The highest BCUT2D eigenvalue weighted by atomic mass is 35.5. The number of hydrogen-bond acceptors (Lipinski definition) is 3. The first-order valence-corrected chi connectivity index (χ1v) is 8.37. The van der Waals surface area contributed by atoms with E-state index in [-0.39, 0.29) is 12.5 Å². The molecule has 0 saturated carbocycles. The summed E-state index contributed by atoms with van der Waals surface area (Å²) in [5.74, 6) is -0.189. The number of hydrogen-bond donors (Lipinski definition) is 1. The highest BCUT2D eigenvalue weighted by molar-refractivity contribution is 6.32. The maximum Gasteiger partial charge on any atom is 0.124 e. The first-order chi connectivity index (χ1) is 10.1. The number of alkyl halides is 1. The largest absolute Gasteiger partial charge is 0.396 e. The second-order valence-corrected chi connectivity index (χ2v) is 6.80. The zero-order valence-electron chi connectivity index (χ0n) is 12.1. The molecule has 0 spiro atoms. The van der Waals surface area contributed by atoms with Crippen LogP contribution < -0.4 is 0 Å². The predicted molar refractivity (Wildman–Crippen MR) is 86.0 cm³/mol. The minimum absolute atomic E-state index is 0.189. The van der Waals surface area contributed by atoms with E-state index in [1.165, 1.54) is 6.42 Å². The summed E-state index contributed by atoms with van der Waals surface area (Å²) in [6.45, 7) is 1.12. The number of piperidine rings is 1. The van der Waals surface area contributed by atoms with Crippen molar-refractivity contribution < 1.29 is 5.11 Å². The van der Waals surface area contributed by atoms with E-state index < -0.39 is 5.00 Å². The van der Waals surface area contributed by atoms with E-state index >= 15 is 0 Å². The van der Waals surface area contributed by atoms with Gasteiger partial charge in [-0.15, -0.1) is 0 Å². The van der Waals surface area contributed by atoms with Crippen LogP contribution in [-0.4, -0.2) is 34.2 Å². The van der Waals surface area contributed by atoms with Gasteiger partial charge in [-0.3, -0.25) is 4.90 Å². The monoisotopic (exact) mass is 328 g/mol.